The van der Waals surface area contributed by atoms with Crippen LogP contribution in [0.25, 0.3) is 0 Å². The summed E-state index contributed by atoms with van der Waals surface area (Å²) >= 11 is 12.1. The van der Waals surface area contributed by atoms with Gasteiger partial charge in [0.1, 0.15) is 0 Å². The number of likely N-dealkylation sites (tertiary alicyclic amines) is 1. The summed E-state index contributed by atoms with van der Waals surface area (Å²) in [4.78, 5) is 26.7. The maximum absolute atomic E-state index is 12.5. The van der Waals surface area contributed by atoms with Gasteiger partial charge in [-0.05, 0) is 55.7 Å². The zero-order valence-corrected chi connectivity index (χ0v) is 15.1. The maximum Gasteiger partial charge on any atom is 0.255 e. The number of carbonyl (C=O) groups is 2. The van der Waals surface area contributed by atoms with Crippen molar-refractivity contribution in [1.29, 1.82) is 0 Å². The summed E-state index contributed by atoms with van der Waals surface area (Å²) in [6.07, 6.45) is 3.27. The predicted molar refractivity (Wildman–Crippen MR) is 101 cm³/mol. The van der Waals surface area contributed by atoms with Gasteiger partial charge in [-0.15, -0.1) is 0 Å². The van der Waals surface area contributed by atoms with Gasteiger partial charge in [0.25, 0.3) is 11.8 Å². The fraction of sp³-hybridized carbons (Fsp3) is 0.263. The Kier molecular flexibility index (Phi) is 5.61. The van der Waals surface area contributed by atoms with Crippen LogP contribution in [0.4, 0.5) is 5.69 Å². The maximum atomic E-state index is 12.5. The van der Waals surface area contributed by atoms with Gasteiger partial charge in [-0.3, -0.25) is 9.59 Å². The molecule has 0 radical (unpaired) electrons. The van der Waals surface area contributed by atoms with Gasteiger partial charge < -0.3 is 10.2 Å². The lowest BCUT2D eigenvalue weighted by Gasteiger charge is -2.26. The second kappa shape index (κ2) is 7.89. The van der Waals surface area contributed by atoms with Gasteiger partial charge in [0.15, 0.2) is 0 Å². The predicted octanol–water partition coefficient (Wildman–Crippen LogP) is 4.87. The van der Waals surface area contributed by atoms with Crippen molar-refractivity contribution < 1.29 is 9.59 Å². The third-order valence-corrected chi connectivity index (χ3v) is 4.87. The highest BCUT2D eigenvalue weighted by Gasteiger charge is 2.18. The van der Waals surface area contributed by atoms with E-state index in [4.69, 9.17) is 23.2 Å². The van der Waals surface area contributed by atoms with E-state index in [9.17, 15) is 9.59 Å². The van der Waals surface area contributed by atoms with E-state index >= 15 is 0 Å². The normalized spacial score (nSPS) is 14.2. The van der Waals surface area contributed by atoms with E-state index in [1.165, 1.54) is 6.42 Å². The Morgan fingerprint density at radius 2 is 1.40 bits per heavy atom. The van der Waals surface area contributed by atoms with Gasteiger partial charge in [0, 0.05) is 24.2 Å². The standard InChI is InChI=1S/C19H18Cl2N2O2/c20-15-5-4-6-16(21)17(15)22-18(24)13-7-9-14(10-8-13)19(25)23-11-2-1-3-12-23/h4-10H,1-3,11-12H2,(H,22,24). The van der Waals surface area contributed by atoms with Crippen molar-refractivity contribution >= 4 is 40.7 Å². The number of amides is 2. The summed E-state index contributed by atoms with van der Waals surface area (Å²) < 4.78 is 0. The van der Waals surface area contributed by atoms with Gasteiger partial charge in [0.05, 0.1) is 15.7 Å². The van der Waals surface area contributed by atoms with Crippen LogP contribution in [0.3, 0.4) is 0 Å². The quantitative estimate of drug-likeness (QED) is 0.830. The van der Waals surface area contributed by atoms with Gasteiger partial charge in [0.2, 0.25) is 0 Å². The third-order valence-electron chi connectivity index (χ3n) is 4.24. The fourth-order valence-corrected chi connectivity index (χ4v) is 3.34. The number of hydrogen-bond acceptors (Lipinski definition) is 2. The topological polar surface area (TPSA) is 49.4 Å². The molecule has 25 heavy (non-hydrogen) atoms. The van der Waals surface area contributed by atoms with E-state index in [1.807, 2.05) is 4.90 Å². The summed E-state index contributed by atoms with van der Waals surface area (Å²) in [7, 11) is 0. The van der Waals surface area contributed by atoms with E-state index in [0.717, 1.165) is 25.9 Å². The number of halogens is 2. The molecule has 3 rings (SSSR count). The molecule has 2 aromatic rings. The molecule has 1 aliphatic heterocycles. The molecule has 2 aromatic carbocycles. The first kappa shape index (κ1) is 17.8. The minimum atomic E-state index is -0.327. The largest absolute Gasteiger partial charge is 0.339 e. The highest BCUT2D eigenvalue weighted by Crippen LogP contribution is 2.30. The van der Waals surface area contributed by atoms with Crippen molar-refractivity contribution in [2.24, 2.45) is 0 Å². The molecule has 1 fully saturated rings. The van der Waals surface area contributed by atoms with Crippen LogP contribution in [0.2, 0.25) is 10.0 Å². The molecular weight excluding hydrogens is 359 g/mol. The smallest absolute Gasteiger partial charge is 0.255 e. The number of benzene rings is 2. The summed E-state index contributed by atoms with van der Waals surface area (Å²) in [5, 5.41) is 3.45. The molecular formula is C19H18Cl2N2O2. The van der Waals surface area contributed by atoms with E-state index < -0.39 is 0 Å². The van der Waals surface area contributed by atoms with Gasteiger partial charge >= 0.3 is 0 Å². The Bertz CT molecular complexity index is 764. The molecule has 0 spiro atoms. The number of rotatable bonds is 3. The lowest BCUT2D eigenvalue weighted by Crippen LogP contribution is -2.35. The molecule has 6 heteroatoms. The Morgan fingerprint density at radius 3 is 2.00 bits per heavy atom. The SMILES string of the molecule is O=C(Nc1c(Cl)cccc1Cl)c1ccc(C(=O)N2CCCCC2)cc1. The monoisotopic (exact) mass is 376 g/mol. The van der Waals surface area contributed by atoms with Crippen LogP contribution in [0.5, 0.6) is 0 Å². The number of anilines is 1. The zero-order chi connectivity index (χ0) is 17.8. The lowest BCUT2D eigenvalue weighted by atomic mass is 10.1. The van der Waals surface area contributed by atoms with Gasteiger partial charge in [-0.1, -0.05) is 29.3 Å². The van der Waals surface area contributed by atoms with Crippen molar-refractivity contribution in [2.75, 3.05) is 18.4 Å². The summed E-state index contributed by atoms with van der Waals surface area (Å²) in [5.41, 5.74) is 1.41. The Morgan fingerprint density at radius 1 is 0.840 bits per heavy atom. The molecule has 130 valence electrons. The highest BCUT2D eigenvalue weighted by atomic mass is 35.5. The third kappa shape index (κ3) is 4.14. The molecule has 1 heterocycles. The average molecular weight is 377 g/mol. The molecule has 0 atom stereocenters. The van der Waals surface area contributed by atoms with Crippen LogP contribution in [-0.4, -0.2) is 29.8 Å². The van der Waals surface area contributed by atoms with Crippen molar-refractivity contribution in [1.82, 2.24) is 4.90 Å². The zero-order valence-electron chi connectivity index (χ0n) is 13.6. The summed E-state index contributed by atoms with van der Waals surface area (Å²) in [5.74, 6) is -0.312. The lowest BCUT2D eigenvalue weighted by molar-refractivity contribution is 0.0724. The molecule has 1 N–H and O–H groups in total. The van der Waals surface area contributed by atoms with E-state index in [2.05, 4.69) is 5.32 Å². The number of piperidine rings is 1. The number of para-hydroxylation sites is 1. The first-order chi connectivity index (χ1) is 12.1. The second-order valence-corrected chi connectivity index (χ2v) is 6.80. The van der Waals surface area contributed by atoms with Crippen LogP contribution >= 0.6 is 23.2 Å². The first-order valence-corrected chi connectivity index (χ1v) is 8.96. The summed E-state index contributed by atoms with van der Waals surface area (Å²) in [6, 6.07) is 11.7. The van der Waals surface area contributed by atoms with Crippen LogP contribution in [0.1, 0.15) is 40.0 Å². The van der Waals surface area contributed by atoms with Crippen LogP contribution in [-0.2, 0) is 0 Å². The van der Waals surface area contributed by atoms with Crippen molar-refractivity contribution in [3.05, 3.63) is 63.6 Å². The van der Waals surface area contributed by atoms with Crippen molar-refractivity contribution in [2.45, 2.75) is 19.3 Å². The molecule has 0 aliphatic carbocycles. The van der Waals surface area contributed by atoms with E-state index in [1.54, 1.807) is 42.5 Å². The van der Waals surface area contributed by atoms with Crippen molar-refractivity contribution in [3.63, 3.8) is 0 Å². The molecule has 0 saturated carbocycles. The number of nitrogens with one attached hydrogen (secondary N) is 1. The number of nitrogens with zero attached hydrogens (tertiary/aromatic N) is 1. The number of carbonyl (C=O) groups excluding carboxylic acids is 2. The molecule has 0 unspecified atom stereocenters. The fourth-order valence-electron chi connectivity index (χ4n) is 2.85. The van der Waals surface area contributed by atoms with Gasteiger partial charge in [-0.25, -0.2) is 0 Å². The summed E-state index contributed by atoms with van der Waals surface area (Å²) in [6.45, 7) is 1.60. The van der Waals surface area contributed by atoms with Crippen LogP contribution < -0.4 is 5.32 Å². The van der Waals surface area contributed by atoms with Crippen molar-refractivity contribution in [3.8, 4) is 0 Å². The molecule has 1 aliphatic rings. The highest BCUT2D eigenvalue weighted by molar-refractivity contribution is 6.40. The van der Waals surface area contributed by atoms with Crippen LogP contribution in [0, 0.1) is 0 Å². The Hall–Kier alpha value is -2.04. The van der Waals surface area contributed by atoms with E-state index in [-0.39, 0.29) is 11.8 Å². The second-order valence-electron chi connectivity index (χ2n) is 5.98. The van der Waals surface area contributed by atoms with Crippen LogP contribution in [0.15, 0.2) is 42.5 Å². The number of hydrogen-bond donors (Lipinski definition) is 1. The molecule has 0 bridgehead atoms. The Balaban J connectivity index is 1.71. The minimum absolute atomic E-state index is 0.0146. The molecule has 0 aromatic heterocycles. The average Bonchev–Trinajstić information content (AvgIpc) is 2.65. The minimum Gasteiger partial charge on any atom is -0.339 e. The van der Waals surface area contributed by atoms with Gasteiger partial charge in [-0.2, -0.15) is 0 Å². The molecule has 1 saturated heterocycles. The molecule has 4 nitrogen and oxygen atoms in total. The molecule has 2 amide bonds. The first-order valence-electron chi connectivity index (χ1n) is 8.21. The van der Waals surface area contributed by atoms with E-state index in [0.29, 0.717) is 26.9 Å². The Labute approximate surface area is 156 Å².